The Hall–Kier alpha value is -5.78. The number of fused-ring (bicyclic) bond motifs is 6. The van der Waals surface area contributed by atoms with Crippen LogP contribution in [0.3, 0.4) is 0 Å². The minimum absolute atomic E-state index is 0.646. The van der Waals surface area contributed by atoms with E-state index in [0.29, 0.717) is 17.5 Å². The van der Waals surface area contributed by atoms with Crippen molar-refractivity contribution < 1.29 is 0 Å². The highest BCUT2D eigenvalue weighted by atomic mass is 32.1. The van der Waals surface area contributed by atoms with E-state index in [0.717, 1.165) is 33.2 Å². The summed E-state index contributed by atoms with van der Waals surface area (Å²) >= 11 is 1.78. The van der Waals surface area contributed by atoms with Crippen molar-refractivity contribution in [2.45, 2.75) is 0 Å². The van der Waals surface area contributed by atoms with Gasteiger partial charge in [-0.15, -0.1) is 11.3 Å². The Morgan fingerprint density at radius 1 is 0.422 bits per heavy atom. The molecule has 3 aromatic heterocycles. The molecule has 3 heterocycles. The lowest BCUT2D eigenvalue weighted by atomic mass is 10.00. The van der Waals surface area contributed by atoms with E-state index in [1.54, 1.807) is 11.3 Å². The molecule has 9 aromatic rings. The second-order valence-electron chi connectivity index (χ2n) is 11.1. The predicted molar refractivity (Wildman–Crippen MR) is 187 cm³/mol. The summed E-state index contributed by atoms with van der Waals surface area (Å²) in [6.07, 6.45) is 1.86. The van der Waals surface area contributed by atoms with Gasteiger partial charge in [0.25, 0.3) is 0 Å². The quantitative estimate of drug-likeness (QED) is 0.204. The van der Waals surface area contributed by atoms with Gasteiger partial charge in [-0.1, -0.05) is 121 Å². The fourth-order valence-corrected chi connectivity index (χ4v) is 7.32. The maximum Gasteiger partial charge on any atom is 0.164 e. The molecule has 0 fully saturated rings. The number of thiophene rings is 1. The molecule has 45 heavy (non-hydrogen) atoms. The largest absolute Gasteiger partial charge is 0.255 e. The van der Waals surface area contributed by atoms with Gasteiger partial charge < -0.3 is 0 Å². The molecule has 0 saturated carbocycles. The van der Waals surface area contributed by atoms with E-state index in [1.165, 1.54) is 36.5 Å². The van der Waals surface area contributed by atoms with E-state index in [-0.39, 0.29) is 0 Å². The van der Waals surface area contributed by atoms with E-state index in [4.69, 9.17) is 15.0 Å². The Balaban J connectivity index is 1.19. The van der Waals surface area contributed by atoms with E-state index in [9.17, 15) is 0 Å². The van der Waals surface area contributed by atoms with Crippen molar-refractivity contribution >= 4 is 53.2 Å². The monoisotopic (exact) mass is 592 g/mol. The minimum atomic E-state index is 0.646. The van der Waals surface area contributed by atoms with Crippen LogP contribution in [0.2, 0.25) is 0 Å². The SMILES string of the molecule is c1ccc(-c2nc(-c3ccc(-c4ccc5ccccc5c4)cc3)nc(-c3cccc4c3ccc3c5ncccc5sc43)n2)cc1. The van der Waals surface area contributed by atoms with Crippen LogP contribution >= 0.6 is 11.3 Å². The van der Waals surface area contributed by atoms with Crippen LogP contribution in [0.1, 0.15) is 0 Å². The van der Waals surface area contributed by atoms with Gasteiger partial charge >= 0.3 is 0 Å². The third-order valence-corrected chi connectivity index (χ3v) is 9.58. The lowest BCUT2D eigenvalue weighted by Crippen LogP contribution is -2.00. The smallest absolute Gasteiger partial charge is 0.164 e. The number of hydrogen-bond acceptors (Lipinski definition) is 5. The molecule has 210 valence electrons. The maximum atomic E-state index is 5.08. The van der Waals surface area contributed by atoms with E-state index < -0.39 is 0 Å². The molecule has 0 aliphatic rings. The fraction of sp³-hybridized carbons (Fsp3) is 0. The number of aromatic nitrogens is 4. The third-order valence-electron chi connectivity index (χ3n) is 8.38. The summed E-state index contributed by atoms with van der Waals surface area (Å²) in [5.74, 6) is 1.95. The maximum absolute atomic E-state index is 5.08. The van der Waals surface area contributed by atoms with Crippen molar-refractivity contribution in [3.05, 3.63) is 146 Å². The van der Waals surface area contributed by atoms with Crippen molar-refractivity contribution in [1.82, 2.24) is 19.9 Å². The Morgan fingerprint density at radius 3 is 1.96 bits per heavy atom. The first-order valence-electron chi connectivity index (χ1n) is 14.9. The lowest BCUT2D eigenvalue weighted by molar-refractivity contribution is 1.08. The standard InChI is InChI=1S/C40H24N4S/c1-2-9-27(10-3-1)38-42-39(28-18-15-26(16-19-28)30-20-17-25-8-4-5-11-29(25)24-30)44-40(43-38)33-13-6-12-32-31(33)21-22-34-36-35(45-37(32)34)14-7-23-41-36/h1-24H. The van der Waals surface area contributed by atoms with Gasteiger partial charge in [0.1, 0.15) is 0 Å². The van der Waals surface area contributed by atoms with E-state index >= 15 is 0 Å². The van der Waals surface area contributed by atoms with Crippen LogP contribution in [-0.4, -0.2) is 19.9 Å². The van der Waals surface area contributed by atoms with Gasteiger partial charge in [0.05, 0.1) is 10.2 Å². The zero-order chi connectivity index (χ0) is 29.7. The molecule has 0 aliphatic carbocycles. The first-order chi connectivity index (χ1) is 22.3. The van der Waals surface area contributed by atoms with Crippen LogP contribution in [0.25, 0.3) is 87.1 Å². The Morgan fingerprint density at radius 2 is 1.11 bits per heavy atom. The molecule has 5 heteroatoms. The molecule has 0 amide bonds. The van der Waals surface area contributed by atoms with Gasteiger partial charge in [-0.2, -0.15) is 0 Å². The number of benzene rings is 6. The Bertz CT molecular complexity index is 2540. The predicted octanol–water partition coefficient (Wildman–Crippen LogP) is 10.6. The first kappa shape index (κ1) is 25.7. The van der Waals surface area contributed by atoms with Crippen LogP contribution in [0.5, 0.6) is 0 Å². The van der Waals surface area contributed by atoms with E-state index in [1.807, 2.05) is 42.6 Å². The number of rotatable bonds is 4. The summed E-state index contributed by atoms with van der Waals surface area (Å²) in [6, 6.07) is 48.6. The van der Waals surface area contributed by atoms with Crippen molar-refractivity contribution in [1.29, 1.82) is 0 Å². The third kappa shape index (κ3) is 4.44. The molecule has 0 aliphatic heterocycles. The molecule has 0 radical (unpaired) electrons. The molecule has 9 rings (SSSR count). The Kier molecular flexibility index (Phi) is 5.96. The summed E-state index contributed by atoms with van der Waals surface area (Å²) in [5, 5.41) is 5.93. The zero-order valence-electron chi connectivity index (χ0n) is 24.1. The molecule has 0 atom stereocenters. The molecule has 0 saturated heterocycles. The van der Waals surface area contributed by atoms with Crippen molar-refractivity contribution in [3.8, 4) is 45.3 Å². The van der Waals surface area contributed by atoms with Crippen LogP contribution < -0.4 is 0 Å². The van der Waals surface area contributed by atoms with Gasteiger partial charge in [0.2, 0.25) is 0 Å². The van der Waals surface area contributed by atoms with Crippen LogP contribution in [0.4, 0.5) is 0 Å². The molecular weight excluding hydrogens is 569 g/mol. The average molecular weight is 593 g/mol. The molecule has 0 unspecified atom stereocenters. The summed E-state index contributed by atoms with van der Waals surface area (Å²) in [7, 11) is 0. The summed E-state index contributed by atoms with van der Waals surface area (Å²) in [5.41, 5.74) is 6.25. The van der Waals surface area contributed by atoms with E-state index in [2.05, 4.69) is 108 Å². The van der Waals surface area contributed by atoms with Crippen LogP contribution in [0, 0.1) is 0 Å². The average Bonchev–Trinajstić information content (AvgIpc) is 3.51. The van der Waals surface area contributed by atoms with Gasteiger partial charge in [0.15, 0.2) is 17.5 Å². The molecule has 0 bridgehead atoms. The first-order valence-corrected chi connectivity index (χ1v) is 15.7. The number of pyridine rings is 1. The van der Waals surface area contributed by atoms with Gasteiger partial charge in [0, 0.05) is 38.4 Å². The summed E-state index contributed by atoms with van der Waals surface area (Å²) in [6.45, 7) is 0. The van der Waals surface area contributed by atoms with Gasteiger partial charge in [-0.3, -0.25) is 4.98 Å². The second kappa shape index (κ2) is 10.4. The van der Waals surface area contributed by atoms with Crippen molar-refractivity contribution in [2.24, 2.45) is 0 Å². The second-order valence-corrected chi connectivity index (χ2v) is 12.2. The zero-order valence-corrected chi connectivity index (χ0v) is 24.9. The molecule has 4 nitrogen and oxygen atoms in total. The number of hydrogen-bond donors (Lipinski definition) is 0. The molecule has 0 spiro atoms. The lowest BCUT2D eigenvalue weighted by Gasteiger charge is -2.11. The van der Waals surface area contributed by atoms with Crippen molar-refractivity contribution in [2.75, 3.05) is 0 Å². The summed E-state index contributed by atoms with van der Waals surface area (Å²) < 4.78 is 2.41. The minimum Gasteiger partial charge on any atom is -0.255 e. The highest BCUT2D eigenvalue weighted by molar-refractivity contribution is 7.26. The Labute approximate surface area is 263 Å². The van der Waals surface area contributed by atoms with Gasteiger partial charge in [-0.25, -0.2) is 15.0 Å². The molecule has 0 N–H and O–H groups in total. The summed E-state index contributed by atoms with van der Waals surface area (Å²) in [4.78, 5) is 19.8. The highest BCUT2D eigenvalue weighted by Gasteiger charge is 2.16. The van der Waals surface area contributed by atoms with Crippen molar-refractivity contribution in [3.63, 3.8) is 0 Å². The highest BCUT2D eigenvalue weighted by Crippen LogP contribution is 2.40. The van der Waals surface area contributed by atoms with Crippen LogP contribution in [0.15, 0.2) is 146 Å². The fourth-order valence-electron chi connectivity index (χ4n) is 6.13. The normalized spacial score (nSPS) is 11.6. The molecule has 6 aromatic carbocycles. The molecular formula is C40H24N4S. The van der Waals surface area contributed by atoms with Gasteiger partial charge in [-0.05, 0) is 45.5 Å². The number of nitrogens with zero attached hydrogens (tertiary/aromatic N) is 4. The van der Waals surface area contributed by atoms with Crippen LogP contribution in [-0.2, 0) is 0 Å². The topological polar surface area (TPSA) is 51.6 Å².